The standard InChI is InChI=1S/C17H27N7/c1-13-14(9-23(4)21-13)10-24-7-5-6-15(11-24)20-16-8-17(22(2)3)19-12-18-16/h8-9,12,15H,5-7,10-11H2,1-4H3,(H,18,19,20). The van der Waals surface area contributed by atoms with Crippen LogP contribution in [0.4, 0.5) is 11.6 Å². The monoisotopic (exact) mass is 329 g/mol. The molecule has 1 aliphatic rings. The minimum Gasteiger partial charge on any atom is -0.366 e. The number of anilines is 2. The molecule has 1 saturated heterocycles. The topological polar surface area (TPSA) is 62.1 Å². The summed E-state index contributed by atoms with van der Waals surface area (Å²) in [6.45, 7) is 5.21. The van der Waals surface area contributed by atoms with Crippen molar-refractivity contribution in [1.82, 2.24) is 24.6 Å². The maximum absolute atomic E-state index is 4.44. The largest absolute Gasteiger partial charge is 0.366 e. The normalized spacial score (nSPS) is 18.6. The van der Waals surface area contributed by atoms with E-state index in [0.29, 0.717) is 6.04 Å². The molecule has 0 saturated carbocycles. The molecule has 1 N–H and O–H groups in total. The molecule has 1 atom stereocenters. The first-order valence-electron chi connectivity index (χ1n) is 8.48. The van der Waals surface area contributed by atoms with E-state index in [2.05, 4.69) is 38.4 Å². The second-order valence-electron chi connectivity index (χ2n) is 6.79. The van der Waals surface area contributed by atoms with Crippen LogP contribution in [0, 0.1) is 6.92 Å². The van der Waals surface area contributed by atoms with Crippen molar-refractivity contribution < 1.29 is 0 Å². The third-order valence-corrected chi connectivity index (χ3v) is 4.48. The van der Waals surface area contributed by atoms with Crippen LogP contribution in [0.15, 0.2) is 18.6 Å². The molecule has 1 aliphatic heterocycles. The lowest BCUT2D eigenvalue weighted by atomic mass is 10.0. The van der Waals surface area contributed by atoms with Gasteiger partial charge in [-0.25, -0.2) is 9.97 Å². The number of aryl methyl sites for hydroxylation is 2. The number of rotatable bonds is 5. The molecule has 1 unspecified atom stereocenters. The molecule has 3 heterocycles. The molecular weight excluding hydrogens is 302 g/mol. The van der Waals surface area contributed by atoms with Gasteiger partial charge >= 0.3 is 0 Å². The third kappa shape index (κ3) is 4.03. The van der Waals surface area contributed by atoms with Crippen LogP contribution in [0.2, 0.25) is 0 Å². The molecule has 0 radical (unpaired) electrons. The van der Waals surface area contributed by atoms with E-state index in [1.807, 2.05) is 36.8 Å². The highest BCUT2D eigenvalue weighted by molar-refractivity contribution is 5.47. The van der Waals surface area contributed by atoms with E-state index >= 15 is 0 Å². The first-order chi connectivity index (χ1) is 11.5. The van der Waals surface area contributed by atoms with Crippen molar-refractivity contribution in [3.8, 4) is 0 Å². The average molecular weight is 329 g/mol. The Morgan fingerprint density at radius 3 is 2.88 bits per heavy atom. The maximum atomic E-state index is 4.44. The fourth-order valence-electron chi connectivity index (χ4n) is 3.24. The van der Waals surface area contributed by atoms with Gasteiger partial charge in [-0.3, -0.25) is 9.58 Å². The van der Waals surface area contributed by atoms with Crippen LogP contribution >= 0.6 is 0 Å². The quantitative estimate of drug-likeness (QED) is 0.900. The molecule has 2 aromatic heterocycles. The van der Waals surface area contributed by atoms with Crippen LogP contribution in [0.3, 0.4) is 0 Å². The highest BCUT2D eigenvalue weighted by Gasteiger charge is 2.21. The molecule has 0 amide bonds. The summed E-state index contributed by atoms with van der Waals surface area (Å²) in [6, 6.07) is 2.42. The minimum absolute atomic E-state index is 0.417. The second kappa shape index (κ2) is 7.17. The van der Waals surface area contributed by atoms with Crippen molar-refractivity contribution >= 4 is 11.6 Å². The summed E-state index contributed by atoms with van der Waals surface area (Å²) in [5, 5.41) is 8.01. The second-order valence-corrected chi connectivity index (χ2v) is 6.79. The lowest BCUT2D eigenvalue weighted by Crippen LogP contribution is -2.41. The Balaban J connectivity index is 1.61. The fraction of sp³-hybridized carbons (Fsp3) is 0.588. The Labute approximate surface area is 143 Å². The van der Waals surface area contributed by atoms with E-state index in [1.165, 1.54) is 18.4 Å². The summed E-state index contributed by atoms with van der Waals surface area (Å²) < 4.78 is 1.90. The Bertz CT molecular complexity index is 679. The van der Waals surface area contributed by atoms with Crippen molar-refractivity contribution in [2.75, 3.05) is 37.4 Å². The van der Waals surface area contributed by atoms with E-state index < -0.39 is 0 Å². The number of likely N-dealkylation sites (tertiary alicyclic amines) is 1. The van der Waals surface area contributed by atoms with Gasteiger partial charge in [0, 0.05) is 58.1 Å². The van der Waals surface area contributed by atoms with E-state index in [-0.39, 0.29) is 0 Å². The van der Waals surface area contributed by atoms with E-state index in [4.69, 9.17) is 0 Å². The summed E-state index contributed by atoms with van der Waals surface area (Å²) >= 11 is 0. The zero-order valence-corrected chi connectivity index (χ0v) is 15.0. The molecule has 0 aliphatic carbocycles. The number of hydrogen-bond donors (Lipinski definition) is 1. The van der Waals surface area contributed by atoms with Crippen molar-refractivity contribution in [3.63, 3.8) is 0 Å². The lowest BCUT2D eigenvalue weighted by Gasteiger charge is -2.33. The van der Waals surface area contributed by atoms with Crippen LogP contribution in [0.5, 0.6) is 0 Å². The first kappa shape index (κ1) is 16.7. The van der Waals surface area contributed by atoms with E-state index in [1.54, 1.807) is 6.33 Å². The first-order valence-corrected chi connectivity index (χ1v) is 8.48. The highest BCUT2D eigenvalue weighted by atomic mass is 15.3. The molecular formula is C17H27N7. The van der Waals surface area contributed by atoms with Crippen molar-refractivity contribution in [2.45, 2.75) is 32.4 Å². The van der Waals surface area contributed by atoms with Gasteiger partial charge in [0.05, 0.1) is 5.69 Å². The minimum atomic E-state index is 0.417. The molecule has 7 heteroatoms. The van der Waals surface area contributed by atoms with Crippen molar-refractivity contribution in [3.05, 3.63) is 29.8 Å². The number of nitrogens with zero attached hydrogens (tertiary/aromatic N) is 6. The number of hydrogen-bond acceptors (Lipinski definition) is 6. The molecule has 7 nitrogen and oxygen atoms in total. The number of nitrogens with one attached hydrogen (secondary N) is 1. The van der Waals surface area contributed by atoms with Crippen LogP contribution < -0.4 is 10.2 Å². The van der Waals surface area contributed by atoms with E-state index in [0.717, 1.165) is 37.0 Å². The van der Waals surface area contributed by atoms with Gasteiger partial charge in [0.15, 0.2) is 0 Å². The summed E-state index contributed by atoms with van der Waals surface area (Å²) in [7, 11) is 5.96. The van der Waals surface area contributed by atoms with Gasteiger partial charge < -0.3 is 10.2 Å². The smallest absolute Gasteiger partial charge is 0.133 e. The highest BCUT2D eigenvalue weighted by Crippen LogP contribution is 2.19. The Morgan fingerprint density at radius 1 is 1.33 bits per heavy atom. The van der Waals surface area contributed by atoms with Crippen molar-refractivity contribution in [2.24, 2.45) is 7.05 Å². The summed E-state index contributed by atoms with van der Waals surface area (Å²) in [5.41, 5.74) is 2.44. The maximum Gasteiger partial charge on any atom is 0.133 e. The number of piperidine rings is 1. The molecule has 0 spiro atoms. The zero-order valence-electron chi connectivity index (χ0n) is 15.0. The fourth-order valence-corrected chi connectivity index (χ4v) is 3.24. The molecule has 3 rings (SSSR count). The predicted molar refractivity (Wildman–Crippen MR) is 96.2 cm³/mol. The van der Waals surface area contributed by atoms with Gasteiger partial charge in [-0.2, -0.15) is 5.10 Å². The van der Waals surface area contributed by atoms with Crippen LogP contribution in [-0.2, 0) is 13.6 Å². The Morgan fingerprint density at radius 2 is 2.17 bits per heavy atom. The average Bonchev–Trinajstić information content (AvgIpc) is 2.85. The van der Waals surface area contributed by atoms with Crippen LogP contribution in [-0.4, -0.2) is 57.9 Å². The van der Waals surface area contributed by atoms with Gasteiger partial charge in [-0.05, 0) is 26.3 Å². The van der Waals surface area contributed by atoms with Gasteiger partial charge in [-0.1, -0.05) is 0 Å². The van der Waals surface area contributed by atoms with Gasteiger partial charge in [0.25, 0.3) is 0 Å². The lowest BCUT2D eigenvalue weighted by molar-refractivity contribution is 0.208. The van der Waals surface area contributed by atoms with Crippen molar-refractivity contribution in [1.29, 1.82) is 0 Å². The molecule has 1 fully saturated rings. The SMILES string of the molecule is Cc1nn(C)cc1CN1CCCC(Nc2cc(N(C)C)ncn2)C1. The Hall–Kier alpha value is -2.15. The molecule has 0 bridgehead atoms. The molecule has 24 heavy (non-hydrogen) atoms. The predicted octanol–water partition coefficient (Wildman–Crippen LogP) is 1.66. The van der Waals surface area contributed by atoms with Gasteiger partial charge in [0.2, 0.25) is 0 Å². The zero-order chi connectivity index (χ0) is 17.1. The molecule has 130 valence electrons. The van der Waals surface area contributed by atoms with Crippen LogP contribution in [0.25, 0.3) is 0 Å². The summed E-state index contributed by atoms with van der Waals surface area (Å²) in [6.07, 6.45) is 6.11. The summed E-state index contributed by atoms with van der Waals surface area (Å²) in [5.74, 6) is 1.82. The van der Waals surface area contributed by atoms with E-state index in [9.17, 15) is 0 Å². The molecule has 2 aromatic rings. The molecule has 0 aromatic carbocycles. The van der Waals surface area contributed by atoms with Crippen LogP contribution in [0.1, 0.15) is 24.1 Å². The summed E-state index contributed by atoms with van der Waals surface area (Å²) in [4.78, 5) is 13.1. The third-order valence-electron chi connectivity index (χ3n) is 4.48. The Kier molecular flexibility index (Phi) is 4.99. The van der Waals surface area contributed by atoms with Gasteiger partial charge in [-0.15, -0.1) is 0 Å². The number of aromatic nitrogens is 4. The van der Waals surface area contributed by atoms with Gasteiger partial charge in [0.1, 0.15) is 18.0 Å².